The van der Waals surface area contributed by atoms with Crippen LogP contribution in [0.4, 0.5) is 0 Å². The van der Waals surface area contributed by atoms with E-state index < -0.39 is 17.4 Å². The molecular formula is C19H21NO4. The summed E-state index contributed by atoms with van der Waals surface area (Å²) in [5.41, 5.74) is 0.415. The molecule has 4 rings (SSSR count). The van der Waals surface area contributed by atoms with Crippen molar-refractivity contribution in [1.82, 2.24) is 4.90 Å². The molecule has 0 aromatic heterocycles. The number of carbonyl (C=O) groups excluding carboxylic acids is 2. The van der Waals surface area contributed by atoms with Crippen LogP contribution in [0.25, 0.3) is 0 Å². The predicted molar refractivity (Wildman–Crippen MR) is 86.8 cm³/mol. The fourth-order valence-electron chi connectivity index (χ4n) is 4.08. The van der Waals surface area contributed by atoms with Crippen molar-refractivity contribution in [3.8, 4) is 0 Å². The molecule has 1 amide bonds. The maximum atomic E-state index is 13.0. The fourth-order valence-corrected chi connectivity index (χ4v) is 4.08. The molecule has 2 saturated heterocycles. The van der Waals surface area contributed by atoms with Crippen LogP contribution >= 0.6 is 0 Å². The normalized spacial score (nSPS) is 33.1. The zero-order chi connectivity index (χ0) is 16.7. The van der Waals surface area contributed by atoms with Crippen LogP contribution in [0, 0.1) is 11.8 Å². The molecule has 0 unspecified atom stereocenters. The molecule has 2 fully saturated rings. The van der Waals surface area contributed by atoms with E-state index in [9.17, 15) is 9.59 Å². The smallest absolute Gasteiger partial charge is 0.312 e. The molecule has 1 aromatic carbocycles. The average molecular weight is 327 g/mol. The molecule has 126 valence electrons. The number of carbonyl (C=O) groups is 2. The molecule has 2 bridgehead atoms. The standard InChI is InChI=1S/C19H21NO4/c1-2-10-23-18(22)15-14-8-9-19(24-14)12-20(17(21)16(15)19)11-13-6-4-3-5-7-13/h3-9,14-16H,2,10-12H2,1H3/t14-,15-,16-,19-/m0/s1. The first-order valence-electron chi connectivity index (χ1n) is 8.51. The number of ether oxygens (including phenoxy) is 2. The predicted octanol–water partition coefficient (Wildman–Crippen LogP) is 1.92. The molecule has 1 aromatic rings. The van der Waals surface area contributed by atoms with Crippen molar-refractivity contribution in [3.05, 3.63) is 48.0 Å². The third-order valence-corrected chi connectivity index (χ3v) is 5.12. The zero-order valence-corrected chi connectivity index (χ0v) is 13.7. The Labute approximate surface area is 141 Å². The van der Waals surface area contributed by atoms with E-state index in [1.807, 2.05) is 49.4 Å². The summed E-state index contributed by atoms with van der Waals surface area (Å²) in [5, 5.41) is 0. The van der Waals surface area contributed by atoms with Gasteiger partial charge in [0.15, 0.2) is 0 Å². The zero-order valence-electron chi connectivity index (χ0n) is 13.7. The van der Waals surface area contributed by atoms with Gasteiger partial charge >= 0.3 is 5.97 Å². The lowest BCUT2D eigenvalue weighted by Crippen LogP contribution is -2.40. The van der Waals surface area contributed by atoms with E-state index in [4.69, 9.17) is 9.47 Å². The second-order valence-corrected chi connectivity index (χ2v) is 6.75. The maximum absolute atomic E-state index is 13.0. The minimum Gasteiger partial charge on any atom is -0.465 e. The van der Waals surface area contributed by atoms with Crippen LogP contribution in [0.2, 0.25) is 0 Å². The number of nitrogens with zero attached hydrogens (tertiary/aromatic N) is 1. The Morgan fingerprint density at radius 3 is 2.92 bits per heavy atom. The van der Waals surface area contributed by atoms with Gasteiger partial charge in [0.05, 0.1) is 25.2 Å². The van der Waals surface area contributed by atoms with Gasteiger partial charge in [-0.3, -0.25) is 9.59 Å². The van der Waals surface area contributed by atoms with Gasteiger partial charge in [-0.15, -0.1) is 0 Å². The van der Waals surface area contributed by atoms with Gasteiger partial charge in [-0.25, -0.2) is 0 Å². The van der Waals surface area contributed by atoms with Crippen molar-refractivity contribution < 1.29 is 19.1 Å². The number of likely N-dealkylation sites (tertiary alicyclic amines) is 1. The van der Waals surface area contributed by atoms with Gasteiger partial charge in [-0.2, -0.15) is 0 Å². The Hall–Kier alpha value is -2.14. The van der Waals surface area contributed by atoms with E-state index in [-0.39, 0.29) is 18.0 Å². The monoisotopic (exact) mass is 327 g/mol. The summed E-state index contributed by atoms with van der Waals surface area (Å²) in [5.74, 6) is -1.30. The molecule has 0 N–H and O–H groups in total. The first-order chi connectivity index (χ1) is 11.6. The van der Waals surface area contributed by atoms with Gasteiger partial charge in [0.1, 0.15) is 11.5 Å². The van der Waals surface area contributed by atoms with Crippen LogP contribution in [0.5, 0.6) is 0 Å². The minimum atomic E-state index is -0.660. The number of benzene rings is 1. The number of hydrogen-bond donors (Lipinski definition) is 0. The number of fused-ring (bicyclic) bond motifs is 1. The lowest BCUT2D eigenvalue weighted by molar-refractivity contribution is -0.153. The SMILES string of the molecule is CCCOC(=O)[C@H]1[C@@H]2C=C[C@@]3(CN(Cc4ccccc4)C(=O)[C@H]13)O2. The van der Waals surface area contributed by atoms with Crippen molar-refractivity contribution in [2.75, 3.05) is 13.2 Å². The second kappa shape index (κ2) is 5.74. The van der Waals surface area contributed by atoms with Gasteiger partial charge in [0, 0.05) is 6.54 Å². The van der Waals surface area contributed by atoms with Crippen molar-refractivity contribution in [3.63, 3.8) is 0 Å². The van der Waals surface area contributed by atoms with Crippen LogP contribution in [0.15, 0.2) is 42.5 Å². The molecule has 0 saturated carbocycles. The highest BCUT2D eigenvalue weighted by Gasteiger charge is 2.67. The third kappa shape index (κ3) is 2.26. The summed E-state index contributed by atoms with van der Waals surface area (Å²) in [7, 11) is 0. The first kappa shape index (κ1) is 15.4. The number of amides is 1. The van der Waals surface area contributed by atoms with Crippen molar-refractivity contribution in [2.45, 2.75) is 31.6 Å². The Kier molecular flexibility index (Phi) is 3.68. The van der Waals surface area contributed by atoms with Gasteiger partial charge in [-0.1, -0.05) is 49.4 Å². The van der Waals surface area contributed by atoms with E-state index in [0.717, 1.165) is 12.0 Å². The van der Waals surface area contributed by atoms with Crippen molar-refractivity contribution in [2.24, 2.45) is 11.8 Å². The fraction of sp³-hybridized carbons (Fsp3) is 0.474. The lowest BCUT2D eigenvalue weighted by atomic mass is 9.77. The molecule has 4 atom stereocenters. The maximum Gasteiger partial charge on any atom is 0.312 e. The summed E-state index contributed by atoms with van der Waals surface area (Å²) < 4.78 is 11.4. The van der Waals surface area contributed by atoms with E-state index in [0.29, 0.717) is 19.7 Å². The van der Waals surface area contributed by atoms with Gasteiger partial charge in [-0.05, 0) is 12.0 Å². The topological polar surface area (TPSA) is 55.8 Å². The molecule has 24 heavy (non-hydrogen) atoms. The highest BCUT2D eigenvalue weighted by molar-refractivity contribution is 5.91. The van der Waals surface area contributed by atoms with Crippen LogP contribution in [0.3, 0.4) is 0 Å². The van der Waals surface area contributed by atoms with E-state index in [1.54, 1.807) is 4.90 Å². The number of esters is 1. The lowest BCUT2D eigenvalue weighted by Gasteiger charge is -2.22. The molecule has 3 aliphatic heterocycles. The van der Waals surface area contributed by atoms with Crippen LogP contribution in [-0.4, -0.2) is 41.6 Å². The van der Waals surface area contributed by atoms with E-state index in [1.165, 1.54) is 0 Å². The first-order valence-corrected chi connectivity index (χ1v) is 8.51. The molecule has 5 heteroatoms. The summed E-state index contributed by atoms with van der Waals surface area (Å²) in [6.45, 7) is 3.37. The van der Waals surface area contributed by atoms with Crippen LogP contribution in [-0.2, 0) is 25.6 Å². The highest BCUT2D eigenvalue weighted by atomic mass is 16.6. The number of hydrogen-bond acceptors (Lipinski definition) is 4. The number of rotatable bonds is 5. The second-order valence-electron chi connectivity index (χ2n) is 6.75. The molecule has 1 spiro atoms. The largest absolute Gasteiger partial charge is 0.465 e. The Balaban J connectivity index is 1.56. The summed E-state index contributed by atoms with van der Waals surface area (Å²) >= 11 is 0. The average Bonchev–Trinajstić information content (AvgIpc) is 3.22. The van der Waals surface area contributed by atoms with Crippen LogP contribution in [0.1, 0.15) is 18.9 Å². The van der Waals surface area contributed by atoms with Gasteiger partial charge < -0.3 is 14.4 Å². The van der Waals surface area contributed by atoms with Crippen LogP contribution < -0.4 is 0 Å². The molecule has 0 aliphatic carbocycles. The molecule has 5 nitrogen and oxygen atoms in total. The highest BCUT2D eigenvalue weighted by Crippen LogP contribution is 2.52. The molecule has 0 radical (unpaired) electrons. The van der Waals surface area contributed by atoms with Gasteiger partial charge in [0.25, 0.3) is 0 Å². The molecule has 3 aliphatic rings. The van der Waals surface area contributed by atoms with E-state index in [2.05, 4.69) is 0 Å². The molecular weight excluding hydrogens is 306 g/mol. The Morgan fingerprint density at radius 1 is 1.38 bits per heavy atom. The summed E-state index contributed by atoms with van der Waals surface area (Å²) in [6, 6.07) is 9.88. The van der Waals surface area contributed by atoms with Crippen molar-refractivity contribution in [1.29, 1.82) is 0 Å². The molecule has 3 heterocycles. The Morgan fingerprint density at radius 2 is 2.17 bits per heavy atom. The summed E-state index contributed by atoms with van der Waals surface area (Å²) in [4.78, 5) is 27.2. The van der Waals surface area contributed by atoms with Gasteiger partial charge in [0.2, 0.25) is 5.91 Å². The van der Waals surface area contributed by atoms with Crippen molar-refractivity contribution >= 4 is 11.9 Å². The summed E-state index contributed by atoms with van der Waals surface area (Å²) in [6.07, 6.45) is 4.31. The van der Waals surface area contributed by atoms with E-state index >= 15 is 0 Å². The third-order valence-electron chi connectivity index (χ3n) is 5.12. The minimum absolute atomic E-state index is 0.0100. The Bertz CT molecular complexity index is 686. The quantitative estimate of drug-likeness (QED) is 0.612.